The molecule has 0 unspecified atom stereocenters. The topological polar surface area (TPSA) is 72.2 Å². The normalized spacial score (nSPS) is 11.3. The summed E-state index contributed by atoms with van der Waals surface area (Å²) in [5.74, 6) is 0. The minimum Gasteiger partial charge on any atom is -0.393 e. The molecule has 1 rings (SSSR count). The number of sulfonamides is 1. The third-order valence-corrected chi connectivity index (χ3v) is 3.68. The lowest BCUT2D eigenvalue weighted by Crippen LogP contribution is -2.27. The highest BCUT2D eigenvalue weighted by molar-refractivity contribution is 7.89. The molecule has 0 aliphatic carbocycles. The number of hydrogen-bond acceptors (Lipinski definition) is 3. The van der Waals surface area contributed by atoms with E-state index < -0.39 is 10.0 Å². The first-order valence-corrected chi connectivity index (χ1v) is 6.65. The number of nitrogens with two attached hydrogens (primary N) is 1. The van der Waals surface area contributed by atoms with Gasteiger partial charge in [-0.05, 0) is 19.1 Å². The van der Waals surface area contributed by atoms with Crippen LogP contribution < -0.4 is 10.5 Å². The molecule has 0 saturated carbocycles. The maximum Gasteiger partial charge on any atom is 0.240 e. The van der Waals surface area contributed by atoms with Crippen LogP contribution in [0.2, 0.25) is 0 Å². The number of nitrogens with one attached hydrogen (secondary N) is 1. The fourth-order valence-corrected chi connectivity index (χ4v) is 2.24. The Morgan fingerprint density at radius 3 is 2.44 bits per heavy atom. The van der Waals surface area contributed by atoms with Crippen molar-refractivity contribution in [1.29, 1.82) is 0 Å². The lowest BCUT2D eigenvalue weighted by Gasteiger charge is -2.06. The van der Waals surface area contributed by atoms with Crippen LogP contribution in [-0.4, -0.2) is 20.0 Å². The average molecular weight is 258 g/mol. The van der Waals surface area contributed by atoms with Crippen molar-refractivity contribution in [3.05, 3.63) is 29.8 Å². The lowest BCUT2D eigenvalue weighted by molar-refractivity contribution is 0.583. The van der Waals surface area contributed by atoms with Gasteiger partial charge in [0.05, 0.1) is 9.88 Å². The van der Waals surface area contributed by atoms with E-state index in [0.29, 0.717) is 11.4 Å². The van der Waals surface area contributed by atoms with Crippen molar-refractivity contribution in [1.82, 2.24) is 4.72 Å². The molecule has 6 heteroatoms. The number of benzene rings is 1. The number of rotatable bonds is 5. The molecule has 0 atom stereocenters. The first kappa shape index (κ1) is 13.1. The number of hydrogen-bond donors (Lipinski definition) is 2. The molecule has 0 heterocycles. The van der Waals surface area contributed by atoms with Crippen LogP contribution in [0.4, 0.5) is 0 Å². The SMILES string of the molecule is Cc1ccc(S(=O)(=O)NCCC(N)=S)cc1. The molecule has 3 N–H and O–H groups in total. The second-order valence-electron chi connectivity index (χ2n) is 3.43. The van der Waals surface area contributed by atoms with Gasteiger partial charge in [-0.2, -0.15) is 0 Å². The average Bonchev–Trinajstić information content (AvgIpc) is 2.17. The molecule has 0 fully saturated rings. The van der Waals surface area contributed by atoms with E-state index in [0.717, 1.165) is 5.56 Å². The third-order valence-electron chi connectivity index (χ3n) is 1.99. The van der Waals surface area contributed by atoms with Crippen LogP contribution in [0.1, 0.15) is 12.0 Å². The summed E-state index contributed by atoms with van der Waals surface area (Å²) in [7, 11) is -3.44. The van der Waals surface area contributed by atoms with Gasteiger partial charge in [-0.15, -0.1) is 0 Å². The lowest BCUT2D eigenvalue weighted by atomic mass is 10.2. The van der Waals surface area contributed by atoms with Gasteiger partial charge in [0.2, 0.25) is 10.0 Å². The van der Waals surface area contributed by atoms with Crippen LogP contribution in [0, 0.1) is 6.92 Å². The Labute approximate surface area is 101 Å². The standard InChI is InChI=1S/C10H14N2O2S2/c1-8-2-4-9(5-3-8)16(13,14)12-7-6-10(11)15/h2-5,12H,6-7H2,1H3,(H2,11,15). The molecule has 1 aromatic rings. The van der Waals surface area contributed by atoms with Gasteiger partial charge in [-0.25, -0.2) is 13.1 Å². The molecular weight excluding hydrogens is 244 g/mol. The summed E-state index contributed by atoms with van der Waals surface area (Å²) >= 11 is 4.66. The minimum atomic E-state index is -3.44. The zero-order chi connectivity index (χ0) is 12.2. The highest BCUT2D eigenvalue weighted by Crippen LogP contribution is 2.09. The van der Waals surface area contributed by atoms with Crippen LogP contribution in [0.5, 0.6) is 0 Å². The summed E-state index contributed by atoms with van der Waals surface area (Å²) in [6.07, 6.45) is 0.362. The Hall–Kier alpha value is -0.980. The number of aryl methyl sites for hydroxylation is 1. The first-order chi connectivity index (χ1) is 7.42. The van der Waals surface area contributed by atoms with Gasteiger partial charge in [-0.3, -0.25) is 0 Å². The largest absolute Gasteiger partial charge is 0.393 e. The molecule has 0 aromatic heterocycles. The van der Waals surface area contributed by atoms with E-state index in [1.54, 1.807) is 24.3 Å². The van der Waals surface area contributed by atoms with E-state index in [2.05, 4.69) is 16.9 Å². The smallest absolute Gasteiger partial charge is 0.240 e. The van der Waals surface area contributed by atoms with Crippen molar-refractivity contribution >= 4 is 27.2 Å². The summed E-state index contributed by atoms with van der Waals surface area (Å²) in [6.45, 7) is 2.13. The van der Waals surface area contributed by atoms with Crippen molar-refractivity contribution in [2.24, 2.45) is 5.73 Å². The van der Waals surface area contributed by atoms with E-state index in [-0.39, 0.29) is 11.4 Å². The molecular formula is C10H14N2O2S2. The molecule has 0 spiro atoms. The molecule has 4 nitrogen and oxygen atoms in total. The molecule has 0 amide bonds. The molecule has 16 heavy (non-hydrogen) atoms. The third kappa shape index (κ3) is 3.88. The first-order valence-electron chi connectivity index (χ1n) is 4.76. The van der Waals surface area contributed by atoms with Gasteiger partial charge in [-0.1, -0.05) is 29.9 Å². The second-order valence-corrected chi connectivity index (χ2v) is 5.72. The molecule has 0 aliphatic heterocycles. The van der Waals surface area contributed by atoms with E-state index in [9.17, 15) is 8.42 Å². The Balaban J connectivity index is 2.71. The highest BCUT2D eigenvalue weighted by Gasteiger charge is 2.12. The monoisotopic (exact) mass is 258 g/mol. The van der Waals surface area contributed by atoms with Crippen molar-refractivity contribution < 1.29 is 8.42 Å². The van der Waals surface area contributed by atoms with E-state index in [1.807, 2.05) is 6.92 Å². The summed E-state index contributed by atoms with van der Waals surface area (Å²) in [5.41, 5.74) is 6.29. The van der Waals surface area contributed by atoms with Gasteiger partial charge >= 0.3 is 0 Å². The molecule has 0 bridgehead atoms. The fraction of sp³-hybridized carbons (Fsp3) is 0.300. The van der Waals surface area contributed by atoms with Gasteiger partial charge in [0, 0.05) is 13.0 Å². The van der Waals surface area contributed by atoms with Crippen molar-refractivity contribution in [2.75, 3.05) is 6.54 Å². The van der Waals surface area contributed by atoms with Crippen molar-refractivity contribution in [3.63, 3.8) is 0 Å². The Morgan fingerprint density at radius 1 is 1.38 bits per heavy atom. The molecule has 0 saturated heterocycles. The van der Waals surface area contributed by atoms with Crippen LogP contribution in [0.3, 0.4) is 0 Å². The van der Waals surface area contributed by atoms with E-state index in [4.69, 9.17) is 5.73 Å². The van der Waals surface area contributed by atoms with E-state index >= 15 is 0 Å². The second kappa shape index (κ2) is 5.38. The Kier molecular flexibility index (Phi) is 4.40. The highest BCUT2D eigenvalue weighted by atomic mass is 32.2. The maximum atomic E-state index is 11.7. The fourth-order valence-electron chi connectivity index (χ4n) is 1.11. The van der Waals surface area contributed by atoms with Crippen LogP contribution in [0.25, 0.3) is 0 Å². The Morgan fingerprint density at radius 2 is 1.94 bits per heavy atom. The summed E-state index contributed by atoms with van der Waals surface area (Å²) in [6, 6.07) is 6.64. The summed E-state index contributed by atoms with van der Waals surface area (Å²) < 4.78 is 25.9. The van der Waals surface area contributed by atoms with Crippen LogP contribution in [-0.2, 0) is 10.0 Å². The molecule has 0 radical (unpaired) electrons. The quantitative estimate of drug-likeness (QED) is 0.771. The van der Waals surface area contributed by atoms with Crippen LogP contribution in [0.15, 0.2) is 29.2 Å². The number of thiocarbonyl (C=S) groups is 1. The Bertz CT molecular complexity index is 466. The summed E-state index contributed by atoms with van der Waals surface area (Å²) in [5, 5.41) is 0. The predicted octanol–water partition coefficient (Wildman–Crippen LogP) is 0.950. The predicted molar refractivity (Wildman–Crippen MR) is 67.8 cm³/mol. The van der Waals surface area contributed by atoms with Crippen molar-refractivity contribution in [2.45, 2.75) is 18.2 Å². The molecule has 1 aromatic carbocycles. The zero-order valence-electron chi connectivity index (χ0n) is 8.93. The van der Waals surface area contributed by atoms with Crippen LogP contribution >= 0.6 is 12.2 Å². The maximum absolute atomic E-state index is 11.7. The van der Waals surface area contributed by atoms with Gasteiger partial charge < -0.3 is 5.73 Å². The summed E-state index contributed by atoms with van der Waals surface area (Å²) in [4.78, 5) is 0.549. The van der Waals surface area contributed by atoms with Crippen molar-refractivity contribution in [3.8, 4) is 0 Å². The zero-order valence-corrected chi connectivity index (χ0v) is 10.6. The minimum absolute atomic E-state index is 0.228. The molecule has 0 aliphatic rings. The van der Waals surface area contributed by atoms with Gasteiger partial charge in [0.1, 0.15) is 0 Å². The van der Waals surface area contributed by atoms with E-state index in [1.165, 1.54) is 0 Å². The van der Waals surface area contributed by atoms with Gasteiger partial charge in [0.25, 0.3) is 0 Å². The molecule has 88 valence electrons. The van der Waals surface area contributed by atoms with Gasteiger partial charge in [0.15, 0.2) is 0 Å².